The van der Waals surface area contributed by atoms with Crippen molar-refractivity contribution in [1.82, 2.24) is 19.9 Å². The number of hydrogen-bond donors (Lipinski definition) is 0. The van der Waals surface area contributed by atoms with E-state index in [0.29, 0.717) is 13.0 Å². The third-order valence-electron chi connectivity index (χ3n) is 6.31. The summed E-state index contributed by atoms with van der Waals surface area (Å²) in [5, 5.41) is 4.07. The molecule has 0 radical (unpaired) electrons. The molecule has 6 nitrogen and oxygen atoms in total. The van der Waals surface area contributed by atoms with E-state index in [4.69, 9.17) is 4.52 Å². The highest BCUT2D eigenvalue weighted by molar-refractivity contribution is 5.79. The fraction of sp³-hybridized carbons (Fsp3) is 0.571. The Labute approximate surface area is 160 Å². The lowest BCUT2D eigenvalue weighted by Gasteiger charge is -2.38. The van der Waals surface area contributed by atoms with E-state index in [-0.39, 0.29) is 11.4 Å². The first-order chi connectivity index (χ1) is 13.1. The molecule has 1 atom stereocenters. The predicted molar refractivity (Wildman–Crippen MR) is 102 cm³/mol. The van der Waals surface area contributed by atoms with E-state index in [1.54, 1.807) is 0 Å². The first kappa shape index (κ1) is 18.2. The number of likely N-dealkylation sites (tertiary alicyclic amines) is 2. The van der Waals surface area contributed by atoms with Gasteiger partial charge in [-0.2, -0.15) is 0 Å². The van der Waals surface area contributed by atoms with Crippen molar-refractivity contribution in [3.63, 3.8) is 0 Å². The van der Waals surface area contributed by atoms with Crippen molar-refractivity contribution >= 4 is 5.91 Å². The molecule has 0 unspecified atom stereocenters. The monoisotopic (exact) mass is 368 g/mol. The van der Waals surface area contributed by atoms with Crippen LogP contribution in [0.2, 0.25) is 0 Å². The van der Waals surface area contributed by atoms with Gasteiger partial charge in [-0.15, -0.1) is 0 Å². The van der Waals surface area contributed by atoms with Crippen LogP contribution in [0.15, 0.2) is 29.0 Å². The summed E-state index contributed by atoms with van der Waals surface area (Å²) in [5.74, 6) is 1.10. The maximum absolute atomic E-state index is 12.7. The normalized spacial score (nSPS) is 23.9. The molecule has 144 valence electrons. The van der Waals surface area contributed by atoms with Gasteiger partial charge in [-0.3, -0.25) is 14.7 Å². The van der Waals surface area contributed by atoms with E-state index >= 15 is 0 Å². The van der Waals surface area contributed by atoms with Crippen LogP contribution in [0.5, 0.6) is 0 Å². The second-order valence-electron chi connectivity index (χ2n) is 8.00. The number of carbonyl (C=O) groups excluding carboxylic acids is 1. The molecule has 6 heteroatoms. The third-order valence-corrected chi connectivity index (χ3v) is 6.31. The maximum Gasteiger partial charge on any atom is 0.223 e. The summed E-state index contributed by atoms with van der Waals surface area (Å²) in [5.41, 5.74) is 3.20. The van der Waals surface area contributed by atoms with Crippen molar-refractivity contribution in [2.75, 3.05) is 13.1 Å². The summed E-state index contributed by atoms with van der Waals surface area (Å²) in [7, 11) is 0. The summed E-state index contributed by atoms with van der Waals surface area (Å²) in [4.78, 5) is 21.6. The average Bonchev–Trinajstić information content (AvgIpc) is 3.05. The number of aromatic nitrogens is 2. The minimum Gasteiger partial charge on any atom is -0.361 e. The standard InChI is InChI=1S/C21H28N4O2/c1-16-19(17(2)27-23-16)15-25-20(26)6-8-21(25)7-4-11-24(12-9-21)14-18-5-3-10-22-13-18/h3,5,10,13H,4,6-9,11-12,14-15H2,1-2H3/t21-/m1/s1. The van der Waals surface area contributed by atoms with Gasteiger partial charge < -0.3 is 9.42 Å². The van der Waals surface area contributed by atoms with Crippen molar-refractivity contribution in [3.05, 3.63) is 47.1 Å². The molecular weight excluding hydrogens is 340 g/mol. The lowest BCUT2D eigenvalue weighted by Crippen LogP contribution is -2.46. The van der Waals surface area contributed by atoms with Gasteiger partial charge in [0.1, 0.15) is 5.76 Å². The molecule has 0 N–H and O–H groups in total. The zero-order valence-corrected chi connectivity index (χ0v) is 16.3. The van der Waals surface area contributed by atoms with Crippen LogP contribution in [-0.4, -0.2) is 44.5 Å². The van der Waals surface area contributed by atoms with E-state index in [9.17, 15) is 4.79 Å². The lowest BCUT2D eigenvalue weighted by molar-refractivity contribution is -0.132. The quantitative estimate of drug-likeness (QED) is 0.829. The number of rotatable bonds is 4. The smallest absolute Gasteiger partial charge is 0.223 e. The molecule has 2 aliphatic heterocycles. The van der Waals surface area contributed by atoms with E-state index in [1.807, 2.05) is 32.3 Å². The van der Waals surface area contributed by atoms with Gasteiger partial charge >= 0.3 is 0 Å². The van der Waals surface area contributed by atoms with Crippen LogP contribution >= 0.6 is 0 Å². The number of pyridine rings is 1. The molecule has 27 heavy (non-hydrogen) atoms. The molecule has 1 spiro atoms. The van der Waals surface area contributed by atoms with Gasteiger partial charge in [-0.25, -0.2) is 0 Å². The van der Waals surface area contributed by atoms with Gasteiger partial charge in [0.15, 0.2) is 0 Å². The SMILES string of the molecule is Cc1noc(C)c1CN1C(=O)CC[C@@]12CCCN(Cc1cccnc1)CC2. The van der Waals surface area contributed by atoms with Crippen LogP contribution < -0.4 is 0 Å². The van der Waals surface area contributed by atoms with E-state index in [0.717, 1.165) is 62.3 Å². The Balaban J connectivity index is 1.49. The minimum absolute atomic E-state index is 0.0169. The van der Waals surface area contributed by atoms with E-state index in [1.165, 1.54) is 5.56 Å². The Kier molecular flexibility index (Phi) is 5.00. The molecule has 2 aromatic rings. The number of aryl methyl sites for hydroxylation is 2. The van der Waals surface area contributed by atoms with Gasteiger partial charge in [0, 0.05) is 43.0 Å². The van der Waals surface area contributed by atoms with Crippen LogP contribution in [0.25, 0.3) is 0 Å². The molecule has 2 fully saturated rings. The van der Waals surface area contributed by atoms with E-state index in [2.05, 4.69) is 26.0 Å². The number of carbonyl (C=O) groups is 1. The zero-order chi connectivity index (χ0) is 18.9. The van der Waals surface area contributed by atoms with Gasteiger partial charge in [0.25, 0.3) is 0 Å². The number of hydrogen-bond acceptors (Lipinski definition) is 5. The summed E-state index contributed by atoms with van der Waals surface area (Å²) in [6, 6.07) is 4.13. The molecule has 0 bridgehead atoms. The van der Waals surface area contributed by atoms with E-state index < -0.39 is 0 Å². The summed E-state index contributed by atoms with van der Waals surface area (Å²) >= 11 is 0. The van der Waals surface area contributed by atoms with Crippen molar-refractivity contribution in [3.8, 4) is 0 Å². The van der Waals surface area contributed by atoms with Gasteiger partial charge in [-0.1, -0.05) is 11.2 Å². The van der Waals surface area contributed by atoms with Gasteiger partial charge in [0.05, 0.1) is 12.2 Å². The summed E-state index contributed by atoms with van der Waals surface area (Å²) < 4.78 is 5.32. The third kappa shape index (κ3) is 3.63. The van der Waals surface area contributed by atoms with Crippen LogP contribution in [-0.2, 0) is 17.9 Å². The molecule has 1 amide bonds. The number of nitrogens with zero attached hydrogens (tertiary/aromatic N) is 4. The second kappa shape index (κ2) is 7.43. The first-order valence-electron chi connectivity index (χ1n) is 9.91. The Morgan fingerprint density at radius 1 is 1.19 bits per heavy atom. The fourth-order valence-corrected chi connectivity index (χ4v) is 4.68. The number of amides is 1. The molecule has 0 aliphatic carbocycles. The zero-order valence-electron chi connectivity index (χ0n) is 16.3. The van der Waals surface area contributed by atoms with Crippen molar-refractivity contribution in [1.29, 1.82) is 0 Å². The van der Waals surface area contributed by atoms with Crippen LogP contribution in [0, 0.1) is 13.8 Å². The highest BCUT2D eigenvalue weighted by Gasteiger charge is 2.46. The Morgan fingerprint density at radius 2 is 2.07 bits per heavy atom. The van der Waals surface area contributed by atoms with Crippen molar-refractivity contribution in [2.24, 2.45) is 0 Å². The summed E-state index contributed by atoms with van der Waals surface area (Å²) in [6.45, 7) is 7.54. The summed E-state index contributed by atoms with van der Waals surface area (Å²) in [6.07, 6.45) is 8.61. The molecule has 0 saturated carbocycles. The molecular formula is C21H28N4O2. The Bertz CT molecular complexity index is 784. The predicted octanol–water partition coefficient (Wildman–Crippen LogP) is 3.23. The largest absolute Gasteiger partial charge is 0.361 e. The van der Waals surface area contributed by atoms with Gasteiger partial charge in [0.2, 0.25) is 5.91 Å². The Morgan fingerprint density at radius 3 is 2.81 bits per heavy atom. The van der Waals surface area contributed by atoms with Crippen LogP contribution in [0.1, 0.15) is 54.7 Å². The van der Waals surface area contributed by atoms with Crippen molar-refractivity contribution in [2.45, 2.75) is 64.6 Å². The van der Waals surface area contributed by atoms with Crippen molar-refractivity contribution < 1.29 is 9.32 Å². The highest BCUT2D eigenvalue weighted by atomic mass is 16.5. The Hall–Kier alpha value is -2.21. The molecule has 2 saturated heterocycles. The topological polar surface area (TPSA) is 62.5 Å². The van der Waals surface area contributed by atoms with Crippen LogP contribution in [0.3, 0.4) is 0 Å². The molecule has 4 heterocycles. The minimum atomic E-state index is -0.0169. The average molecular weight is 368 g/mol. The van der Waals surface area contributed by atoms with Crippen LogP contribution in [0.4, 0.5) is 0 Å². The molecule has 2 aliphatic rings. The first-order valence-corrected chi connectivity index (χ1v) is 9.91. The fourth-order valence-electron chi connectivity index (χ4n) is 4.68. The van der Waals surface area contributed by atoms with Gasteiger partial charge in [-0.05, 0) is 57.7 Å². The maximum atomic E-state index is 12.7. The molecule has 0 aromatic carbocycles. The molecule has 2 aromatic heterocycles. The highest BCUT2D eigenvalue weighted by Crippen LogP contribution is 2.40. The second-order valence-corrected chi connectivity index (χ2v) is 8.00. The molecule has 4 rings (SSSR count). The lowest BCUT2D eigenvalue weighted by atomic mass is 9.87.